The summed E-state index contributed by atoms with van der Waals surface area (Å²) < 4.78 is 65.6. The van der Waals surface area contributed by atoms with Gasteiger partial charge in [-0.15, -0.1) is 11.3 Å². The Hall–Kier alpha value is -1.09. The van der Waals surface area contributed by atoms with Crippen LogP contribution >= 0.6 is 11.3 Å². The molecule has 1 aromatic rings. The van der Waals surface area contributed by atoms with Crippen molar-refractivity contribution in [1.29, 1.82) is 0 Å². The van der Waals surface area contributed by atoms with Crippen LogP contribution < -0.4 is 10.0 Å². The van der Waals surface area contributed by atoms with Crippen molar-refractivity contribution in [2.45, 2.75) is 67.2 Å². The number of hydrogen-bond donors (Lipinski definition) is 2. The van der Waals surface area contributed by atoms with E-state index in [9.17, 15) is 21.6 Å². The highest BCUT2D eigenvalue weighted by Crippen LogP contribution is 2.40. The highest BCUT2D eigenvalue weighted by atomic mass is 32.3. The fraction of sp³-hybridized carbons (Fsp3) is 0.737. The Morgan fingerprint density at radius 2 is 2.03 bits per heavy atom. The summed E-state index contributed by atoms with van der Waals surface area (Å²) in [4.78, 5) is 12.4. The first kappa shape index (κ1) is 27.2. The summed E-state index contributed by atoms with van der Waals surface area (Å²) in [5.74, 6) is -0.821. The lowest BCUT2D eigenvalue weighted by molar-refractivity contribution is -0.138. The molecule has 1 amide bonds. The van der Waals surface area contributed by atoms with Crippen molar-refractivity contribution < 1.29 is 31.1 Å². The zero-order valence-electron chi connectivity index (χ0n) is 19.3. The van der Waals surface area contributed by atoms with Crippen LogP contribution in [0, 0.1) is 0 Å². The number of carbonyl (C=O) groups excluding carboxylic acids is 1. The van der Waals surface area contributed by atoms with Crippen LogP contribution in [0.25, 0.3) is 0 Å². The molecule has 0 saturated carbocycles. The van der Waals surface area contributed by atoms with Gasteiger partial charge in [0.15, 0.2) is 0 Å². The molecule has 0 aliphatic carbocycles. The first-order valence-corrected chi connectivity index (χ1v) is 14.1. The van der Waals surface area contributed by atoms with E-state index >= 15 is 0 Å². The van der Waals surface area contributed by atoms with Crippen molar-refractivity contribution in [2.24, 2.45) is 0 Å². The van der Waals surface area contributed by atoms with Crippen molar-refractivity contribution in [3.05, 3.63) is 11.6 Å². The van der Waals surface area contributed by atoms with E-state index in [0.717, 1.165) is 0 Å². The number of hydrogen-bond acceptors (Lipinski definition) is 9. The Balaban J connectivity index is 2.35. The van der Waals surface area contributed by atoms with Crippen LogP contribution in [0.1, 0.15) is 52.6 Å². The molecule has 2 N–H and O–H groups in total. The number of nitrogens with one attached hydrogen (secondary N) is 2. The van der Waals surface area contributed by atoms with Crippen LogP contribution in [0.2, 0.25) is 0 Å². The fourth-order valence-corrected chi connectivity index (χ4v) is 8.26. The first-order chi connectivity index (χ1) is 14.7. The Labute approximate surface area is 194 Å². The highest BCUT2D eigenvalue weighted by molar-refractivity contribution is 7.94. The SMILES string of the molecule is CCN[C@H]1CN(CCCOC)S(=O)(=O)c2sc(S(=O)(=O)NC(=O)[C@H](C)OC(C)(C)C)cc21. The zero-order valence-corrected chi connectivity index (χ0v) is 21.7. The molecular weight excluding hydrogens is 478 g/mol. The number of thiophene rings is 1. The van der Waals surface area contributed by atoms with Crippen molar-refractivity contribution in [3.8, 4) is 0 Å². The number of ether oxygens (including phenoxy) is 2. The predicted molar refractivity (Wildman–Crippen MR) is 122 cm³/mol. The number of methoxy groups -OCH3 is 1. The maximum absolute atomic E-state index is 13.1. The van der Waals surface area contributed by atoms with E-state index in [1.165, 1.54) is 17.3 Å². The molecule has 32 heavy (non-hydrogen) atoms. The second kappa shape index (κ2) is 10.5. The van der Waals surface area contributed by atoms with Gasteiger partial charge in [0.1, 0.15) is 14.5 Å². The maximum atomic E-state index is 13.1. The lowest BCUT2D eigenvalue weighted by Gasteiger charge is -2.32. The number of amides is 1. The number of rotatable bonds is 10. The van der Waals surface area contributed by atoms with E-state index in [4.69, 9.17) is 9.47 Å². The summed E-state index contributed by atoms with van der Waals surface area (Å²) in [6.45, 7) is 10.0. The van der Waals surface area contributed by atoms with Gasteiger partial charge in [0.2, 0.25) is 0 Å². The second-order valence-corrected chi connectivity index (χ2v) is 13.6. The van der Waals surface area contributed by atoms with E-state index in [2.05, 4.69) is 5.32 Å². The van der Waals surface area contributed by atoms with Crippen LogP contribution in [0.5, 0.6) is 0 Å². The minimum atomic E-state index is -4.27. The number of carbonyl (C=O) groups is 1. The molecule has 0 unspecified atom stereocenters. The molecule has 0 fully saturated rings. The number of sulfonamides is 2. The van der Waals surface area contributed by atoms with Gasteiger partial charge in [0, 0.05) is 38.4 Å². The van der Waals surface area contributed by atoms with Crippen molar-refractivity contribution >= 4 is 37.3 Å². The topological polar surface area (TPSA) is 131 Å². The Kier molecular flexibility index (Phi) is 8.87. The standard InChI is InChI=1S/C19H33N3O7S3/c1-7-20-15-12-22(9-8-10-28-6)32(26,27)18-14(15)11-16(30-18)31(24,25)21-17(23)13(2)29-19(3,4)5/h11,13,15,20H,7-10,12H2,1-6H3,(H,21,23)/t13-,15-/m0/s1. The summed E-state index contributed by atoms with van der Waals surface area (Å²) in [6.07, 6.45) is -0.490. The van der Waals surface area contributed by atoms with E-state index < -0.39 is 37.7 Å². The lowest BCUT2D eigenvalue weighted by atomic mass is 10.1. The molecule has 13 heteroatoms. The van der Waals surface area contributed by atoms with Crippen LogP contribution in [0.4, 0.5) is 0 Å². The maximum Gasteiger partial charge on any atom is 0.273 e. The Bertz CT molecular complexity index is 1010. The fourth-order valence-electron chi connectivity index (χ4n) is 3.33. The lowest BCUT2D eigenvalue weighted by Crippen LogP contribution is -2.43. The van der Waals surface area contributed by atoms with Crippen molar-refractivity contribution in [2.75, 3.05) is 33.4 Å². The molecule has 2 heterocycles. The summed E-state index contributed by atoms with van der Waals surface area (Å²) in [5.41, 5.74) is -0.242. The number of likely N-dealkylation sites (N-methyl/N-ethyl adjacent to an activating group) is 1. The quantitative estimate of drug-likeness (QED) is 0.451. The smallest absolute Gasteiger partial charge is 0.273 e. The van der Waals surface area contributed by atoms with Crippen LogP contribution in [-0.4, -0.2) is 72.1 Å². The number of nitrogens with zero attached hydrogens (tertiary/aromatic N) is 1. The van der Waals surface area contributed by atoms with Gasteiger partial charge in [0.05, 0.1) is 5.60 Å². The van der Waals surface area contributed by atoms with Gasteiger partial charge < -0.3 is 14.8 Å². The summed E-state index contributed by atoms with van der Waals surface area (Å²) in [5, 5.41) is 3.22. The Morgan fingerprint density at radius 3 is 2.59 bits per heavy atom. The predicted octanol–water partition coefficient (Wildman–Crippen LogP) is 1.45. The van der Waals surface area contributed by atoms with Gasteiger partial charge in [-0.3, -0.25) is 4.79 Å². The largest absolute Gasteiger partial charge is 0.385 e. The third kappa shape index (κ3) is 6.49. The normalized spacial score (nSPS) is 20.0. The molecule has 184 valence electrons. The monoisotopic (exact) mass is 511 g/mol. The minimum absolute atomic E-state index is 0.0288. The van der Waals surface area contributed by atoms with E-state index in [1.807, 2.05) is 11.6 Å². The van der Waals surface area contributed by atoms with Gasteiger partial charge in [0.25, 0.3) is 26.0 Å². The third-order valence-electron chi connectivity index (χ3n) is 4.64. The second-order valence-electron chi connectivity index (χ2n) is 8.47. The molecule has 0 saturated heterocycles. The van der Waals surface area contributed by atoms with Crippen LogP contribution in [0.15, 0.2) is 14.5 Å². The molecular formula is C19H33N3O7S3. The van der Waals surface area contributed by atoms with Gasteiger partial charge in [-0.25, -0.2) is 21.6 Å². The summed E-state index contributed by atoms with van der Waals surface area (Å²) >= 11 is 0.644. The van der Waals surface area contributed by atoms with E-state index in [1.54, 1.807) is 27.9 Å². The molecule has 0 aromatic carbocycles. The summed E-state index contributed by atoms with van der Waals surface area (Å²) in [7, 11) is -6.60. The van der Waals surface area contributed by atoms with E-state index in [-0.39, 0.29) is 27.5 Å². The average Bonchev–Trinajstić information content (AvgIpc) is 3.12. The molecule has 0 bridgehead atoms. The highest BCUT2D eigenvalue weighted by Gasteiger charge is 2.40. The van der Waals surface area contributed by atoms with Crippen LogP contribution in [0.3, 0.4) is 0 Å². The molecule has 2 atom stereocenters. The summed E-state index contributed by atoms with van der Waals surface area (Å²) in [6, 6.07) is 0.975. The molecule has 1 aliphatic heterocycles. The molecule has 10 nitrogen and oxygen atoms in total. The zero-order chi connectivity index (χ0) is 24.3. The Morgan fingerprint density at radius 1 is 1.38 bits per heavy atom. The van der Waals surface area contributed by atoms with Crippen molar-refractivity contribution in [1.82, 2.24) is 14.3 Å². The molecule has 1 aliphatic rings. The van der Waals surface area contributed by atoms with Gasteiger partial charge in [-0.2, -0.15) is 4.31 Å². The molecule has 0 radical (unpaired) electrons. The molecule has 0 spiro atoms. The third-order valence-corrected chi connectivity index (χ3v) is 10.0. The minimum Gasteiger partial charge on any atom is -0.385 e. The van der Waals surface area contributed by atoms with Gasteiger partial charge >= 0.3 is 0 Å². The van der Waals surface area contributed by atoms with Crippen LogP contribution in [-0.2, 0) is 34.3 Å². The van der Waals surface area contributed by atoms with E-state index in [0.29, 0.717) is 36.5 Å². The molecule has 1 aromatic heterocycles. The van der Waals surface area contributed by atoms with Crippen molar-refractivity contribution in [3.63, 3.8) is 0 Å². The first-order valence-electron chi connectivity index (χ1n) is 10.3. The number of fused-ring (bicyclic) bond motifs is 1. The molecule has 2 rings (SSSR count). The van der Waals surface area contributed by atoms with Gasteiger partial charge in [-0.1, -0.05) is 6.92 Å². The van der Waals surface area contributed by atoms with Gasteiger partial charge in [-0.05, 0) is 46.7 Å². The average molecular weight is 512 g/mol.